The highest BCUT2D eigenvalue weighted by atomic mass is 35.5. The molecule has 1 unspecified atom stereocenters. The smallest absolute Gasteiger partial charge is 0.253 e. The second kappa shape index (κ2) is 9.53. The SMILES string of the molecule is CC(C)C(NCC(=O)Nc1ccc(C(=O)N(C)C)cc1)c1ccc(Cl)cc1. The monoisotopic (exact) mass is 387 g/mol. The summed E-state index contributed by atoms with van der Waals surface area (Å²) in [4.78, 5) is 25.7. The van der Waals surface area contributed by atoms with Crippen LogP contribution in [-0.4, -0.2) is 37.4 Å². The molecule has 0 aliphatic carbocycles. The first kappa shape index (κ1) is 20.9. The Hall–Kier alpha value is -2.37. The van der Waals surface area contributed by atoms with Crippen molar-refractivity contribution in [3.63, 3.8) is 0 Å². The van der Waals surface area contributed by atoms with E-state index in [0.717, 1.165) is 5.56 Å². The minimum absolute atomic E-state index is 0.0492. The van der Waals surface area contributed by atoms with Crippen molar-refractivity contribution in [1.82, 2.24) is 10.2 Å². The van der Waals surface area contributed by atoms with Gasteiger partial charge >= 0.3 is 0 Å². The van der Waals surface area contributed by atoms with Crippen LogP contribution in [-0.2, 0) is 4.79 Å². The van der Waals surface area contributed by atoms with E-state index < -0.39 is 0 Å². The second-order valence-electron chi connectivity index (χ2n) is 6.98. The van der Waals surface area contributed by atoms with E-state index >= 15 is 0 Å². The van der Waals surface area contributed by atoms with Gasteiger partial charge in [-0.05, 0) is 47.9 Å². The average molecular weight is 388 g/mol. The Kier molecular flexibility index (Phi) is 7.39. The van der Waals surface area contributed by atoms with Gasteiger partial charge in [-0.2, -0.15) is 0 Å². The van der Waals surface area contributed by atoms with E-state index in [9.17, 15) is 9.59 Å². The molecule has 144 valence electrons. The molecule has 0 heterocycles. The minimum atomic E-state index is -0.138. The molecule has 0 radical (unpaired) electrons. The van der Waals surface area contributed by atoms with Crippen LogP contribution in [0.3, 0.4) is 0 Å². The van der Waals surface area contributed by atoms with E-state index in [1.54, 1.807) is 38.4 Å². The van der Waals surface area contributed by atoms with Gasteiger partial charge < -0.3 is 15.5 Å². The zero-order valence-corrected chi connectivity index (χ0v) is 16.9. The number of carbonyl (C=O) groups excluding carboxylic acids is 2. The number of rotatable bonds is 7. The number of amides is 2. The van der Waals surface area contributed by atoms with Gasteiger partial charge in [-0.15, -0.1) is 0 Å². The van der Waals surface area contributed by atoms with E-state index in [-0.39, 0.29) is 24.4 Å². The van der Waals surface area contributed by atoms with Gasteiger partial charge in [0.05, 0.1) is 6.54 Å². The summed E-state index contributed by atoms with van der Waals surface area (Å²) in [6.07, 6.45) is 0. The summed E-state index contributed by atoms with van der Waals surface area (Å²) >= 11 is 5.95. The summed E-state index contributed by atoms with van der Waals surface area (Å²) < 4.78 is 0. The molecule has 5 nitrogen and oxygen atoms in total. The summed E-state index contributed by atoms with van der Waals surface area (Å²) in [6, 6.07) is 14.6. The van der Waals surface area contributed by atoms with Crippen molar-refractivity contribution in [3.05, 3.63) is 64.7 Å². The molecule has 0 spiro atoms. The molecule has 0 fully saturated rings. The Labute approximate surface area is 165 Å². The summed E-state index contributed by atoms with van der Waals surface area (Å²) in [5.41, 5.74) is 2.33. The van der Waals surface area contributed by atoms with Gasteiger partial charge in [0.15, 0.2) is 0 Å². The van der Waals surface area contributed by atoms with E-state index in [2.05, 4.69) is 24.5 Å². The second-order valence-corrected chi connectivity index (χ2v) is 7.42. The van der Waals surface area contributed by atoms with Crippen molar-refractivity contribution in [1.29, 1.82) is 0 Å². The molecule has 2 amide bonds. The van der Waals surface area contributed by atoms with E-state index in [1.165, 1.54) is 4.90 Å². The van der Waals surface area contributed by atoms with Crippen LogP contribution in [0.2, 0.25) is 5.02 Å². The Morgan fingerprint density at radius 3 is 2.11 bits per heavy atom. The van der Waals surface area contributed by atoms with E-state index in [1.807, 2.05) is 24.3 Å². The van der Waals surface area contributed by atoms with Crippen LogP contribution in [0.15, 0.2) is 48.5 Å². The van der Waals surface area contributed by atoms with Gasteiger partial charge in [-0.3, -0.25) is 9.59 Å². The Morgan fingerprint density at radius 1 is 1.00 bits per heavy atom. The normalized spacial score (nSPS) is 11.9. The standard InChI is InChI=1S/C21H26ClN3O2/c1-14(2)20(15-5-9-17(22)10-6-15)23-13-19(26)24-18-11-7-16(8-12-18)21(27)25(3)4/h5-12,14,20,23H,13H2,1-4H3,(H,24,26). The fourth-order valence-corrected chi connectivity index (χ4v) is 2.90. The topological polar surface area (TPSA) is 61.4 Å². The Morgan fingerprint density at radius 2 is 1.59 bits per heavy atom. The fraction of sp³-hybridized carbons (Fsp3) is 0.333. The quantitative estimate of drug-likeness (QED) is 0.755. The maximum Gasteiger partial charge on any atom is 0.253 e. The zero-order valence-electron chi connectivity index (χ0n) is 16.1. The molecule has 0 saturated heterocycles. The lowest BCUT2D eigenvalue weighted by molar-refractivity contribution is -0.115. The van der Waals surface area contributed by atoms with Gasteiger partial charge in [0, 0.05) is 36.4 Å². The molecule has 2 rings (SSSR count). The van der Waals surface area contributed by atoms with Crippen LogP contribution in [0, 0.1) is 5.92 Å². The van der Waals surface area contributed by atoms with Crippen molar-refractivity contribution >= 4 is 29.1 Å². The van der Waals surface area contributed by atoms with Gasteiger partial charge in [-0.1, -0.05) is 37.6 Å². The summed E-state index contributed by atoms with van der Waals surface area (Å²) in [5, 5.41) is 6.84. The number of nitrogens with zero attached hydrogens (tertiary/aromatic N) is 1. The number of halogens is 1. The molecule has 0 aliphatic rings. The molecule has 0 aromatic heterocycles. The van der Waals surface area contributed by atoms with Gasteiger partial charge in [0.1, 0.15) is 0 Å². The molecule has 0 aliphatic heterocycles. The van der Waals surface area contributed by atoms with Crippen molar-refractivity contribution in [2.75, 3.05) is 26.0 Å². The zero-order chi connectivity index (χ0) is 20.0. The predicted octanol–water partition coefficient (Wildman–Crippen LogP) is 3.97. The Bertz CT molecular complexity index is 771. The lowest BCUT2D eigenvalue weighted by atomic mass is 9.96. The third-order valence-electron chi connectivity index (χ3n) is 4.20. The highest BCUT2D eigenvalue weighted by Crippen LogP contribution is 2.23. The molecular weight excluding hydrogens is 362 g/mol. The number of hydrogen-bond donors (Lipinski definition) is 2. The number of hydrogen-bond acceptors (Lipinski definition) is 3. The maximum atomic E-state index is 12.3. The number of benzene rings is 2. The fourth-order valence-electron chi connectivity index (χ4n) is 2.77. The Balaban J connectivity index is 1.94. The highest BCUT2D eigenvalue weighted by Gasteiger charge is 2.16. The first-order valence-corrected chi connectivity index (χ1v) is 9.26. The van der Waals surface area contributed by atoms with Crippen molar-refractivity contribution in [2.45, 2.75) is 19.9 Å². The van der Waals surface area contributed by atoms with Crippen LogP contribution < -0.4 is 10.6 Å². The largest absolute Gasteiger partial charge is 0.345 e. The van der Waals surface area contributed by atoms with Gasteiger partial charge in [0.2, 0.25) is 5.91 Å². The molecule has 27 heavy (non-hydrogen) atoms. The average Bonchev–Trinajstić information content (AvgIpc) is 2.63. The van der Waals surface area contributed by atoms with Crippen LogP contribution in [0.5, 0.6) is 0 Å². The molecule has 0 bridgehead atoms. The third-order valence-corrected chi connectivity index (χ3v) is 4.45. The molecule has 0 saturated carbocycles. The van der Waals surface area contributed by atoms with Crippen LogP contribution >= 0.6 is 11.6 Å². The van der Waals surface area contributed by atoms with Crippen LogP contribution in [0.1, 0.15) is 35.8 Å². The van der Waals surface area contributed by atoms with Gasteiger partial charge in [0.25, 0.3) is 5.91 Å². The first-order valence-electron chi connectivity index (χ1n) is 8.88. The molecule has 2 N–H and O–H groups in total. The van der Waals surface area contributed by atoms with Crippen molar-refractivity contribution in [2.24, 2.45) is 5.92 Å². The maximum absolute atomic E-state index is 12.3. The van der Waals surface area contributed by atoms with E-state index in [0.29, 0.717) is 22.2 Å². The number of nitrogens with one attached hydrogen (secondary N) is 2. The molecule has 1 atom stereocenters. The molecule has 6 heteroatoms. The summed E-state index contributed by atoms with van der Waals surface area (Å²) in [6.45, 7) is 4.39. The molecule has 2 aromatic rings. The van der Waals surface area contributed by atoms with Crippen molar-refractivity contribution in [3.8, 4) is 0 Å². The summed E-state index contributed by atoms with van der Waals surface area (Å²) in [7, 11) is 3.41. The lowest BCUT2D eigenvalue weighted by Crippen LogP contribution is -2.33. The summed E-state index contributed by atoms with van der Waals surface area (Å²) in [5.74, 6) is 0.105. The number of anilines is 1. The number of carbonyl (C=O) groups is 2. The first-order chi connectivity index (χ1) is 12.8. The van der Waals surface area contributed by atoms with Crippen LogP contribution in [0.4, 0.5) is 5.69 Å². The predicted molar refractivity (Wildman–Crippen MR) is 110 cm³/mol. The highest BCUT2D eigenvalue weighted by molar-refractivity contribution is 6.30. The lowest BCUT2D eigenvalue weighted by Gasteiger charge is -2.23. The third kappa shape index (κ3) is 6.08. The van der Waals surface area contributed by atoms with Crippen LogP contribution in [0.25, 0.3) is 0 Å². The molecular formula is C21H26ClN3O2. The molecule has 2 aromatic carbocycles. The van der Waals surface area contributed by atoms with E-state index in [4.69, 9.17) is 11.6 Å². The minimum Gasteiger partial charge on any atom is -0.345 e. The van der Waals surface area contributed by atoms with Crippen molar-refractivity contribution < 1.29 is 9.59 Å². The van der Waals surface area contributed by atoms with Gasteiger partial charge in [-0.25, -0.2) is 0 Å².